The van der Waals surface area contributed by atoms with Crippen LogP contribution in [0.2, 0.25) is 10.0 Å². The summed E-state index contributed by atoms with van der Waals surface area (Å²) in [5.41, 5.74) is 0.622. The molecule has 0 aromatic heterocycles. The Morgan fingerprint density at radius 2 is 2.00 bits per heavy atom. The molecule has 0 bridgehead atoms. The van der Waals surface area contributed by atoms with Crippen molar-refractivity contribution in [3.63, 3.8) is 0 Å². The lowest BCUT2D eigenvalue weighted by Gasteiger charge is -2.10. The van der Waals surface area contributed by atoms with Gasteiger partial charge in [0.25, 0.3) is 5.91 Å². The molecular formula is C13H9Cl2NO2S2. The van der Waals surface area contributed by atoms with E-state index in [1.165, 1.54) is 28.8 Å². The van der Waals surface area contributed by atoms with Gasteiger partial charge in [-0.1, -0.05) is 53.3 Å². The van der Waals surface area contributed by atoms with E-state index in [-0.39, 0.29) is 21.7 Å². The van der Waals surface area contributed by atoms with Crippen LogP contribution in [-0.4, -0.2) is 26.8 Å². The maximum atomic E-state index is 12.1. The van der Waals surface area contributed by atoms with Crippen LogP contribution in [0.15, 0.2) is 29.7 Å². The average Bonchev–Trinajstić information content (AvgIpc) is 2.64. The van der Waals surface area contributed by atoms with E-state index in [0.717, 1.165) is 0 Å². The second-order valence-corrected chi connectivity index (χ2v) is 6.40. The fourth-order valence-corrected chi connectivity index (χ4v) is 3.39. The molecule has 104 valence electrons. The Bertz CT molecular complexity index is 620. The molecule has 1 heterocycles. The predicted octanol–water partition coefficient (Wildman–Crippen LogP) is 4.09. The molecule has 1 aromatic carbocycles. The van der Waals surface area contributed by atoms with Crippen LogP contribution in [0.4, 0.5) is 0 Å². The van der Waals surface area contributed by atoms with Crippen LogP contribution in [0.25, 0.3) is 6.08 Å². The molecule has 1 saturated heterocycles. The maximum Gasteiger partial charge on any atom is 0.266 e. The van der Waals surface area contributed by atoms with Gasteiger partial charge in [0.2, 0.25) is 0 Å². The summed E-state index contributed by atoms with van der Waals surface area (Å²) < 4.78 is 0.483. The van der Waals surface area contributed by atoms with Gasteiger partial charge in [0.15, 0.2) is 5.75 Å². The molecule has 0 aliphatic carbocycles. The van der Waals surface area contributed by atoms with E-state index in [2.05, 4.69) is 6.58 Å². The minimum atomic E-state index is -0.180. The Hall–Kier alpha value is -1.01. The number of thiocarbonyl (C=S) groups is 1. The molecule has 1 amide bonds. The Balaban J connectivity index is 2.35. The fraction of sp³-hybridized carbons (Fsp3) is 0.0769. The number of benzene rings is 1. The third-order valence-corrected chi connectivity index (χ3v) is 4.48. The van der Waals surface area contributed by atoms with Crippen LogP contribution in [0, 0.1) is 0 Å². The molecule has 3 nitrogen and oxygen atoms in total. The first-order chi connectivity index (χ1) is 9.43. The van der Waals surface area contributed by atoms with Crippen molar-refractivity contribution >= 4 is 63.5 Å². The van der Waals surface area contributed by atoms with Gasteiger partial charge in [-0.05, 0) is 23.8 Å². The molecule has 0 spiro atoms. The highest BCUT2D eigenvalue weighted by Gasteiger charge is 2.30. The molecule has 7 heteroatoms. The first kappa shape index (κ1) is 15.4. The highest BCUT2D eigenvalue weighted by atomic mass is 35.5. The summed E-state index contributed by atoms with van der Waals surface area (Å²) in [5, 5.41) is 9.76. The number of phenolic OH excluding ortho intramolecular Hbond substituents is 1. The second kappa shape index (κ2) is 6.18. The molecule has 1 aliphatic heterocycles. The number of hydrogen-bond donors (Lipinski definition) is 1. The van der Waals surface area contributed by atoms with Crippen molar-refractivity contribution in [1.29, 1.82) is 0 Å². The van der Waals surface area contributed by atoms with Gasteiger partial charge in [0.1, 0.15) is 4.32 Å². The van der Waals surface area contributed by atoms with Gasteiger partial charge in [0, 0.05) is 6.54 Å². The van der Waals surface area contributed by atoms with E-state index < -0.39 is 0 Å². The largest absolute Gasteiger partial charge is 0.505 e. The molecule has 0 saturated carbocycles. The second-order valence-electron chi connectivity index (χ2n) is 3.91. The molecule has 1 N–H and O–H groups in total. The summed E-state index contributed by atoms with van der Waals surface area (Å²) in [4.78, 5) is 14.1. The molecule has 1 aromatic rings. The zero-order valence-electron chi connectivity index (χ0n) is 10.1. The topological polar surface area (TPSA) is 40.5 Å². The number of phenols is 1. The van der Waals surface area contributed by atoms with Crippen LogP contribution < -0.4 is 0 Å². The zero-order chi connectivity index (χ0) is 14.9. The SMILES string of the molecule is C=CCN1C(=O)/C(=C/c2cc(Cl)c(O)c(Cl)c2)SC1=S. The minimum Gasteiger partial charge on any atom is -0.505 e. The quantitative estimate of drug-likeness (QED) is 0.509. The summed E-state index contributed by atoms with van der Waals surface area (Å²) in [5.74, 6) is -0.357. The monoisotopic (exact) mass is 345 g/mol. The van der Waals surface area contributed by atoms with E-state index in [4.69, 9.17) is 35.4 Å². The number of amides is 1. The lowest BCUT2D eigenvalue weighted by atomic mass is 10.2. The fourth-order valence-electron chi connectivity index (χ4n) is 1.61. The number of hydrogen-bond acceptors (Lipinski definition) is 4. The number of carbonyl (C=O) groups excluding carboxylic acids is 1. The van der Waals surface area contributed by atoms with Crippen molar-refractivity contribution in [3.8, 4) is 5.75 Å². The molecule has 0 radical (unpaired) electrons. The summed E-state index contributed by atoms with van der Waals surface area (Å²) in [6, 6.07) is 3.06. The Labute approximate surface area is 135 Å². The third-order valence-electron chi connectivity index (χ3n) is 2.52. The van der Waals surface area contributed by atoms with E-state index in [1.54, 1.807) is 12.2 Å². The summed E-state index contributed by atoms with van der Waals surface area (Å²) in [7, 11) is 0. The smallest absolute Gasteiger partial charge is 0.266 e. The molecular weight excluding hydrogens is 337 g/mol. The molecule has 0 atom stereocenters. The van der Waals surface area contributed by atoms with Gasteiger partial charge in [-0.25, -0.2) is 0 Å². The van der Waals surface area contributed by atoms with Crippen molar-refractivity contribution in [2.45, 2.75) is 0 Å². The van der Waals surface area contributed by atoms with Crippen LogP contribution in [0.5, 0.6) is 5.75 Å². The number of nitrogens with zero attached hydrogens (tertiary/aromatic N) is 1. The van der Waals surface area contributed by atoms with Crippen molar-refractivity contribution in [3.05, 3.63) is 45.3 Å². The zero-order valence-corrected chi connectivity index (χ0v) is 13.2. The molecule has 1 fully saturated rings. The molecule has 1 aliphatic rings. The number of thioether (sulfide) groups is 1. The number of halogens is 2. The standard InChI is InChI=1S/C13H9Cl2NO2S2/c1-2-3-16-12(18)10(20-13(16)19)6-7-4-8(14)11(17)9(15)5-7/h2,4-6,17H,1,3H2/b10-6-. The van der Waals surface area contributed by atoms with Crippen LogP contribution in [0.1, 0.15) is 5.56 Å². The summed E-state index contributed by atoms with van der Waals surface area (Å²) >= 11 is 18.0. The first-order valence-corrected chi connectivity index (χ1v) is 7.46. The van der Waals surface area contributed by atoms with Gasteiger partial charge in [-0.15, -0.1) is 6.58 Å². The molecule has 0 unspecified atom stereocenters. The van der Waals surface area contributed by atoms with Gasteiger partial charge >= 0.3 is 0 Å². The molecule has 2 rings (SSSR count). The van der Waals surface area contributed by atoms with Gasteiger partial charge in [-0.2, -0.15) is 0 Å². The van der Waals surface area contributed by atoms with Crippen molar-refractivity contribution in [2.75, 3.05) is 6.54 Å². The predicted molar refractivity (Wildman–Crippen MR) is 88.2 cm³/mol. The Morgan fingerprint density at radius 1 is 1.40 bits per heavy atom. The maximum absolute atomic E-state index is 12.1. The first-order valence-electron chi connectivity index (χ1n) is 5.48. The van der Waals surface area contributed by atoms with Crippen molar-refractivity contribution < 1.29 is 9.90 Å². The third kappa shape index (κ3) is 3.01. The Morgan fingerprint density at radius 3 is 2.55 bits per heavy atom. The van der Waals surface area contributed by atoms with Crippen LogP contribution >= 0.6 is 47.2 Å². The minimum absolute atomic E-state index is 0.130. The van der Waals surface area contributed by atoms with Crippen LogP contribution in [0.3, 0.4) is 0 Å². The highest BCUT2D eigenvalue weighted by Crippen LogP contribution is 2.36. The summed E-state index contributed by atoms with van der Waals surface area (Å²) in [6.45, 7) is 3.96. The van der Waals surface area contributed by atoms with Gasteiger partial charge in [-0.3, -0.25) is 9.69 Å². The van der Waals surface area contributed by atoms with Gasteiger partial charge in [0.05, 0.1) is 15.0 Å². The highest BCUT2D eigenvalue weighted by molar-refractivity contribution is 8.26. The van der Waals surface area contributed by atoms with Crippen molar-refractivity contribution in [2.24, 2.45) is 0 Å². The van der Waals surface area contributed by atoms with E-state index in [0.29, 0.717) is 21.3 Å². The average molecular weight is 346 g/mol. The van der Waals surface area contributed by atoms with E-state index in [9.17, 15) is 9.90 Å². The lowest BCUT2D eigenvalue weighted by Crippen LogP contribution is -2.27. The lowest BCUT2D eigenvalue weighted by molar-refractivity contribution is -0.121. The summed E-state index contributed by atoms with van der Waals surface area (Å²) in [6.07, 6.45) is 3.25. The number of aromatic hydroxyl groups is 1. The van der Waals surface area contributed by atoms with E-state index in [1.807, 2.05) is 0 Å². The van der Waals surface area contributed by atoms with Crippen molar-refractivity contribution in [1.82, 2.24) is 4.90 Å². The van der Waals surface area contributed by atoms with Crippen LogP contribution in [-0.2, 0) is 4.79 Å². The van der Waals surface area contributed by atoms with Gasteiger partial charge < -0.3 is 5.11 Å². The molecule has 20 heavy (non-hydrogen) atoms. The number of carbonyl (C=O) groups is 1. The Kier molecular flexibility index (Phi) is 4.75. The normalized spacial score (nSPS) is 17.1. The number of rotatable bonds is 3. The van der Waals surface area contributed by atoms with E-state index >= 15 is 0 Å².